The lowest BCUT2D eigenvalue weighted by atomic mass is 9.91. The van der Waals surface area contributed by atoms with Crippen molar-refractivity contribution < 1.29 is 19.4 Å². The van der Waals surface area contributed by atoms with Crippen LogP contribution in [0.4, 0.5) is 4.79 Å². The molecular formula is C15H17NO4. The number of ether oxygens (including phenoxy) is 1. The number of hydrogen-bond donors (Lipinski definition) is 1. The Labute approximate surface area is 117 Å². The molecule has 1 aromatic carbocycles. The van der Waals surface area contributed by atoms with Crippen LogP contribution in [0.25, 0.3) is 0 Å². The van der Waals surface area contributed by atoms with Crippen LogP contribution in [0.5, 0.6) is 0 Å². The number of rotatable bonds is 3. The molecule has 1 heterocycles. The molecule has 5 nitrogen and oxygen atoms in total. The fraction of sp³-hybridized carbons (Fsp3) is 0.333. The lowest BCUT2D eigenvalue weighted by molar-refractivity contribution is -0.143. The van der Waals surface area contributed by atoms with Gasteiger partial charge >= 0.3 is 12.1 Å². The highest BCUT2D eigenvalue weighted by atomic mass is 16.6. The Kier molecular flexibility index (Phi) is 4.08. The Morgan fingerprint density at radius 1 is 1.55 bits per heavy atom. The number of amides is 1. The minimum Gasteiger partial charge on any atom is -0.480 e. The third-order valence-electron chi connectivity index (χ3n) is 3.47. The maximum atomic E-state index is 12.0. The van der Waals surface area contributed by atoms with Gasteiger partial charge < -0.3 is 9.84 Å². The standard InChI is InChI=1S/C15H17NO4/c1-3-7-20-15(19)16-9-11-6-4-5-10(2)12(11)8-13(16)14(17)18/h3-6,13H,1,7-9H2,2H3,(H,17,18). The normalized spacial score (nSPS) is 17.2. The zero-order chi connectivity index (χ0) is 14.7. The summed E-state index contributed by atoms with van der Waals surface area (Å²) in [5, 5.41) is 9.33. The second kappa shape index (κ2) is 5.77. The van der Waals surface area contributed by atoms with Crippen LogP contribution >= 0.6 is 0 Å². The van der Waals surface area contributed by atoms with E-state index in [-0.39, 0.29) is 13.2 Å². The molecule has 0 bridgehead atoms. The highest BCUT2D eigenvalue weighted by molar-refractivity contribution is 5.81. The summed E-state index contributed by atoms with van der Waals surface area (Å²) in [6.07, 6.45) is 1.14. The summed E-state index contributed by atoms with van der Waals surface area (Å²) in [5.41, 5.74) is 3.03. The van der Waals surface area contributed by atoms with E-state index in [0.29, 0.717) is 6.42 Å². The number of fused-ring (bicyclic) bond motifs is 1. The zero-order valence-corrected chi connectivity index (χ0v) is 11.3. The number of carboxylic acid groups (broad SMARTS) is 1. The zero-order valence-electron chi connectivity index (χ0n) is 11.3. The summed E-state index contributed by atoms with van der Waals surface area (Å²) in [7, 11) is 0. The molecule has 1 unspecified atom stereocenters. The molecule has 1 aliphatic heterocycles. The van der Waals surface area contributed by atoms with Gasteiger partial charge in [-0.05, 0) is 23.6 Å². The monoisotopic (exact) mass is 275 g/mol. The third-order valence-corrected chi connectivity index (χ3v) is 3.47. The maximum absolute atomic E-state index is 12.0. The fourth-order valence-corrected chi connectivity index (χ4v) is 2.43. The summed E-state index contributed by atoms with van der Waals surface area (Å²) in [4.78, 5) is 24.6. The van der Waals surface area contributed by atoms with Crippen molar-refractivity contribution in [2.75, 3.05) is 6.61 Å². The van der Waals surface area contributed by atoms with Crippen LogP contribution in [-0.2, 0) is 22.5 Å². The molecule has 1 N–H and O–H groups in total. The number of aryl methyl sites for hydroxylation is 1. The Morgan fingerprint density at radius 3 is 2.95 bits per heavy atom. The minimum atomic E-state index is -1.02. The van der Waals surface area contributed by atoms with Gasteiger partial charge in [0.25, 0.3) is 0 Å². The van der Waals surface area contributed by atoms with E-state index in [1.165, 1.54) is 11.0 Å². The Balaban J connectivity index is 2.30. The predicted octanol–water partition coefficient (Wildman–Crippen LogP) is 2.13. The van der Waals surface area contributed by atoms with Crippen LogP contribution in [0.15, 0.2) is 30.9 Å². The first-order valence-corrected chi connectivity index (χ1v) is 6.39. The molecule has 20 heavy (non-hydrogen) atoms. The largest absolute Gasteiger partial charge is 0.480 e. The van der Waals surface area contributed by atoms with Gasteiger partial charge in [-0.15, -0.1) is 0 Å². The maximum Gasteiger partial charge on any atom is 0.411 e. The molecule has 1 amide bonds. The van der Waals surface area contributed by atoms with Crippen LogP contribution < -0.4 is 0 Å². The second-order valence-electron chi connectivity index (χ2n) is 4.76. The van der Waals surface area contributed by atoms with Crippen molar-refractivity contribution in [1.29, 1.82) is 0 Å². The summed E-state index contributed by atoms with van der Waals surface area (Å²) in [5.74, 6) is -1.02. The Hall–Kier alpha value is -2.30. The first kappa shape index (κ1) is 14.1. The molecule has 0 saturated carbocycles. The van der Waals surface area contributed by atoms with Gasteiger partial charge in [-0.2, -0.15) is 0 Å². The summed E-state index contributed by atoms with van der Waals surface area (Å²) in [6.45, 7) is 5.74. The van der Waals surface area contributed by atoms with E-state index in [1.807, 2.05) is 25.1 Å². The topological polar surface area (TPSA) is 66.8 Å². The van der Waals surface area contributed by atoms with Crippen LogP contribution in [-0.4, -0.2) is 34.7 Å². The minimum absolute atomic E-state index is 0.0718. The van der Waals surface area contributed by atoms with Crippen molar-refractivity contribution in [3.05, 3.63) is 47.5 Å². The van der Waals surface area contributed by atoms with E-state index in [4.69, 9.17) is 4.74 Å². The third kappa shape index (κ3) is 2.66. The quantitative estimate of drug-likeness (QED) is 0.858. The van der Waals surface area contributed by atoms with Crippen molar-refractivity contribution in [1.82, 2.24) is 4.90 Å². The summed E-state index contributed by atoms with van der Waals surface area (Å²) < 4.78 is 4.96. The van der Waals surface area contributed by atoms with Gasteiger partial charge in [0, 0.05) is 6.42 Å². The number of carbonyl (C=O) groups excluding carboxylic acids is 1. The first-order valence-electron chi connectivity index (χ1n) is 6.39. The SMILES string of the molecule is C=CCOC(=O)N1Cc2cccc(C)c2CC1C(=O)O. The summed E-state index contributed by atoms with van der Waals surface area (Å²) in [6, 6.07) is 4.88. The van der Waals surface area contributed by atoms with Crippen LogP contribution in [0.2, 0.25) is 0 Å². The van der Waals surface area contributed by atoms with Gasteiger partial charge in [-0.1, -0.05) is 30.9 Å². The van der Waals surface area contributed by atoms with Crippen LogP contribution in [0.1, 0.15) is 16.7 Å². The summed E-state index contributed by atoms with van der Waals surface area (Å²) >= 11 is 0. The van der Waals surface area contributed by atoms with Gasteiger partial charge in [0.05, 0.1) is 6.54 Å². The molecule has 1 aliphatic rings. The van der Waals surface area contributed by atoms with Crippen molar-refractivity contribution in [3.8, 4) is 0 Å². The fourth-order valence-electron chi connectivity index (χ4n) is 2.43. The van der Waals surface area contributed by atoms with E-state index in [0.717, 1.165) is 16.7 Å². The number of benzene rings is 1. The van der Waals surface area contributed by atoms with E-state index >= 15 is 0 Å². The van der Waals surface area contributed by atoms with Crippen LogP contribution in [0.3, 0.4) is 0 Å². The van der Waals surface area contributed by atoms with E-state index in [1.54, 1.807) is 0 Å². The lowest BCUT2D eigenvalue weighted by Crippen LogP contribution is -2.49. The van der Waals surface area contributed by atoms with Gasteiger partial charge in [0.1, 0.15) is 12.6 Å². The molecular weight excluding hydrogens is 258 g/mol. The van der Waals surface area contributed by atoms with Crippen molar-refractivity contribution in [2.45, 2.75) is 25.9 Å². The van der Waals surface area contributed by atoms with E-state index < -0.39 is 18.1 Å². The van der Waals surface area contributed by atoms with Crippen molar-refractivity contribution >= 4 is 12.1 Å². The molecule has 0 radical (unpaired) electrons. The van der Waals surface area contributed by atoms with Gasteiger partial charge in [0.2, 0.25) is 0 Å². The molecule has 0 aromatic heterocycles. The average Bonchev–Trinajstić information content (AvgIpc) is 2.43. The molecule has 0 aliphatic carbocycles. The highest BCUT2D eigenvalue weighted by Gasteiger charge is 2.35. The molecule has 2 rings (SSSR count). The smallest absolute Gasteiger partial charge is 0.411 e. The highest BCUT2D eigenvalue weighted by Crippen LogP contribution is 2.26. The molecule has 1 atom stereocenters. The number of aliphatic carboxylic acids is 1. The Bertz CT molecular complexity index is 553. The lowest BCUT2D eigenvalue weighted by Gasteiger charge is -2.34. The van der Waals surface area contributed by atoms with Gasteiger partial charge in [0.15, 0.2) is 0 Å². The molecule has 0 spiro atoms. The van der Waals surface area contributed by atoms with E-state index in [9.17, 15) is 14.7 Å². The Morgan fingerprint density at radius 2 is 2.30 bits per heavy atom. The van der Waals surface area contributed by atoms with Crippen molar-refractivity contribution in [3.63, 3.8) is 0 Å². The second-order valence-corrected chi connectivity index (χ2v) is 4.76. The average molecular weight is 275 g/mol. The van der Waals surface area contributed by atoms with Gasteiger partial charge in [-0.3, -0.25) is 4.90 Å². The van der Waals surface area contributed by atoms with Crippen molar-refractivity contribution in [2.24, 2.45) is 0 Å². The predicted molar refractivity (Wildman–Crippen MR) is 73.4 cm³/mol. The number of hydrogen-bond acceptors (Lipinski definition) is 3. The van der Waals surface area contributed by atoms with Crippen LogP contribution in [0, 0.1) is 6.92 Å². The molecule has 0 fully saturated rings. The number of nitrogens with zero attached hydrogens (tertiary/aromatic N) is 1. The number of carboxylic acids is 1. The first-order chi connectivity index (χ1) is 9.54. The molecule has 106 valence electrons. The van der Waals surface area contributed by atoms with E-state index in [2.05, 4.69) is 6.58 Å². The molecule has 1 aromatic rings. The number of carbonyl (C=O) groups is 2. The molecule has 0 saturated heterocycles. The van der Waals surface area contributed by atoms with Gasteiger partial charge in [-0.25, -0.2) is 9.59 Å². The molecule has 5 heteroatoms.